The Bertz CT molecular complexity index is 943. The first-order valence-electron chi connectivity index (χ1n) is 9.33. The molecule has 1 fully saturated rings. The molecule has 0 bridgehead atoms. The summed E-state index contributed by atoms with van der Waals surface area (Å²) in [7, 11) is 0. The molecule has 0 aliphatic carbocycles. The van der Waals surface area contributed by atoms with Crippen LogP contribution in [0.4, 0.5) is 24.9 Å². The standard InChI is InChI=1S/C17H21F3N6O3/c1-10-9-28-6-5-25(10)14-7-15(27)26-12(17(18,19)20)3-4-24(16(26)22-14)8-13-21-11(2)29-23-13/h7,10,12H,3-6,8-9H2,1-2H3. The zero-order valence-electron chi connectivity index (χ0n) is 16.0. The number of fused-ring (bicyclic) bond motifs is 1. The molecule has 2 atom stereocenters. The van der Waals surface area contributed by atoms with Crippen LogP contribution in [0.25, 0.3) is 0 Å². The first-order valence-corrected chi connectivity index (χ1v) is 9.33. The molecule has 0 spiro atoms. The lowest BCUT2D eigenvalue weighted by Gasteiger charge is -2.38. The van der Waals surface area contributed by atoms with Gasteiger partial charge < -0.3 is 19.1 Å². The van der Waals surface area contributed by atoms with Gasteiger partial charge in [-0.2, -0.15) is 23.1 Å². The number of anilines is 2. The monoisotopic (exact) mass is 414 g/mol. The molecule has 29 heavy (non-hydrogen) atoms. The van der Waals surface area contributed by atoms with Gasteiger partial charge in [0, 0.05) is 26.1 Å². The zero-order chi connectivity index (χ0) is 20.8. The van der Waals surface area contributed by atoms with Crippen molar-refractivity contribution in [2.75, 3.05) is 36.1 Å². The Balaban J connectivity index is 1.78. The van der Waals surface area contributed by atoms with Crippen LogP contribution in [-0.4, -0.2) is 58.2 Å². The number of hydrogen-bond acceptors (Lipinski definition) is 8. The van der Waals surface area contributed by atoms with Crippen molar-refractivity contribution in [1.82, 2.24) is 19.7 Å². The molecular formula is C17H21F3N6O3. The van der Waals surface area contributed by atoms with Crippen molar-refractivity contribution >= 4 is 11.8 Å². The molecule has 2 aliphatic heterocycles. The van der Waals surface area contributed by atoms with Crippen molar-refractivity contribution in [3.05, 3.63) is 28.1 Å². The van der Waals surface area contributed by atoms with Crippen LogP contribution >= 0.6 is 0 Å². The van der Waals surface area contributed by atoms with Crippen LogP contribution in [0.1, 0.15) is 31.1 Å². The van der Waals surface area contributed by atoms with Gasteiger partial charge in [0.1, 0.15) is 11.9 Å². The third-order valence-corrected chi connectivity index (χ3v) is 5.13. The minimum Gasteiger partial charge on any atom is -0.377 e. The SMILES string of the molecule is Cc1nc(CN2CCC(C(F)(F)F)n3c2nc(N2CCOCC2C)cc3=O)no1. The summed E-state index contributed by atoms with van der Waals surface area (Å²) in [5, 5.41) is 3.81. The van der Waals surface area contributed by atoms with E-state index in [1.807, 2.05) is 11.8 Å². The van der Waals surface area contributed by atoms with Crippen LogP contribution in [0.5, 0.6) is 0 Å². The molecule has 0 saturated carbocycles. The Hall–Kier alpha value is -2.63. The van der Waals surface area contributed by atoms with Crippen LogP contribution in [0, 0.1) is 6.92 Å². The number of aromatic nitrogens is 4. The Labute approximate surface area is 164 Å². The third kappa shape index (κ3) is 3.80. The smallest absolute Gasteiger partial charge is 0.377 e. The highest BCUT2D eigenvalue weighted by Gasteiger charge is 2.46. The molecule has 2 aliphatic rings. The first-order chi connectivity index (χ1) is 13.7. The van der Waals surface area contributed by atoms with E-state index in [0.29, 0.717) is 37.3 Å². The van der Waals surface area contributed by atoms with Gasteiger partial charge in [-0.1, -0.05) is 5.16 Å². The van der Waals surface area contributed by atoms with E-state index in [-0.39, 0.29) is 31.5 Å². The molecule has 0 amide bonds. The first kappa shape index (κ1) is 19.7. The maximum Gasteiger partial charge on any atom is 0.409 e. The summed E-state index contributed by atoms with van der Waals surface area (Å²) in [5.41, 5.74) is -0.736. The minimum absolute atomic E-state index is 0.0396. The number of ether oxygens (including phenoxy) is 1. The molecule has 2 aromatic heterocycles. The summed E-state index contributed by atoms with van der Waals surface area (Å²) in [6, 6.07) is -0.794. The van der Waals surface area contributed by atoms with Crippen molar-refractivity contribution in [2.45, 2.75) is 45.1 Å². The fourth-order valence-corrected chi connectivity index (χ4v) is 3.74. The summed E-state index contributed by atoms with van der Waals surface area (Å²) < 4.78 is 51.9. The van der Waals surface area contributed by atoms with Crippen LogP contribution in [0.2, 0.25) is 0 Å². The molecule has 4 rings (SSSR count). The van der Waals surface area contributed by atoms with Gasteiger partial charge in [0.2, 0.25) is 11.8 Å². The summed E-state index contributed by atoms with van der Waals surface area (Å²) >= 11 is 0. The highest BCUT2D eigenvalue weighted by molar-refractivity contribution is 5.47. The number of hydrogen-bond donors (Lipinski definition) is 0. The summed E-state index contributed by atoms with van der Waals surface area (Å²) in [6.45, 7) is 5.11. The zero-order valence-corrected chi connectivity index (χ0v) is 16.0. The van der Waals surface area contributed by atoms with E-state index in [1.165, 1.54) is 6.07 Å². The average molecular weight is 414 g/mol. The van der Waals surface area contributed by atoms with Crippen LogP contribution in [-0.2, 0) is 11.3 Å². The molecule has 4 heterocycles. The van der Waals surface area contributed by atoms with Gasteiger partial charge in [-0.05, 0) is 13.3 Å². The van der Waals surface area contributed by atoms with Crippen molar-refractivity contribution in [3.63, 3.8) is 0 Å². The maximum absolute atomic E-state index is 13.6. The lowest BCUT2D eigenvalue weighted by atomic mass is 10.1. The highest BCUT2D eigenvalue weighted by Crippen LogP contribution is 2.38. The molecule has 12 heteroatoms. The second kappa shape index (κ2) is 7.32. The van der Waals surface area contributed by atoms with Gasteiger partial charge in [-0.25, -0.2) is 0 Å². The third-order valence-electron chi connectivity index (χ3n) is 5.13. The van der Waals surface area contributed by atoms with E-state index in [2.05, 4.69) is 15.1 Å². The van der Waals surface area contributed by atoms with E-state index in [1.54, 1.807) is 11.8 Å². The molecule has 9 nitrogen and oxygen atoms in total. The van der Waals surface area contributed by atoms with Crippen LogP contribution in [0.15, 0.2) is 15.4 Å². The number of alkyl halides is 3. The Kier molecular flexibility index (Phi) is 4.97. The number of rotatable bonds is 3. The van der Waals surface area contributed by atoms with Gasteiger partial charge in [0.05, 0.1) is 25.8 Å². The molecule has 0 N–H and O–H groups in total. The number of nitrogens with zero attached hydrogens (tertiary/aromatic N) is 6. The fourth-order valence-electron chi connectivity index (χ4n) is 3.74. The van der Waals surface area contributed by atoms with E-state index in [4.69, 9.17) is 9.26 Å². The predicted molar refractivity (Wildman–Crippen MR) is 95.9 cm³/mol. The summed E-state index contributed by atoms with van der Waals surface area (Å²) in [5.74, 6) is 0.974. The summed E-state index contributed by atoms with van der Waals surface area (Å²) in [4.78, 5) is 24.8. The lowest BCUT2D eigenvalue weighted by Crippen LogP contribution is -2.48. The Morgan fingerprint density at radius 3 is 2.72 bits per heavy atom. The number of aryl methyl sites for hydroxylation is 1. The van der Waals surface area contributed by atoms with E-state index in [0.717, 1.165) is 4.57 Å². The molecular weight excluding hydrogens is 393 g/mol. The molecule has 0 radical (unpaired) electrons. The molecule has 2 aromatic rings. The quantitative estimate of drug-likeness (QED) is 0.750. The second-order valence-corrected chi connectivity index (χ2v) is 7.24. The Morgan fingerprint density at radius 1 is 1.28 bits per heavy atom. The van der Waals surface area contributed by atoms with Gasteiger partial charge in [-0.3, -0.25) is 9.36 Å². The van der Waals surface area contributed by atoms with Gasteiger partial charge in [0.25, 0.3) is 5.56 Å². The van der Waals surface area contributed by atoms with Crippen LogP contribution < -0.4 is 15.4 Å². The van der Waals surface area contributed by atoms with Gasteiger partial charge >= 0.3 is 6.18 Å². The minimum atomic E-state index is -4.55. The summed E-state index contributed by atoms with van der Waals surface area (Å²) in [6.07, 6.45) is -4.81. The van der Waals surface area contributed by atoms with E-state index < -0.39 is 17.8 Å². The van der Waals surface area contributed by atoms with Crippen molar-refractivity contribution in [1.29, 1.82) is 0 Å². The van der Waals surface area contributed by atoms with Gasteiger partial charge in [-0.15, -0.1) is 0 Å². The molecule has 158 valence electrons. The average Bonchev–Trinajstić information content (AvgIpc) is 3.06. The largest absolute Gasteiger partial charge is 0.409 e. The van der Waals surface area contributed by atoms with E-state index in [9.17, 15) is 18.0 Å². The second-order valence-electron chi connectivity index (χ2n) is 7.24. The highest BCUT2D eigenvalue weighted by atomic mass is 19.4. The lowest BCUT2D eigenvalue weighted by molar-refractivity contribution is -0.171. The van der Waals surface area contributed by atoms with E-state index >= 15 is 0 Å². The number of morpholine rings is 1. The fraction of sp³-hybridized carbons (Fsp3) is 0.647. The maximum atomic E-state index is 13.6. The molecule has 2 unspecified atom stereocenters. The number of halogens is 3. The predicted octanol–water partition coefficient (Wildman–Crippen LogP) is 1.67. The Morgan fingerprint density at radius 2 is 2.07 bits per heavy atom. The van der Waals surface area contributed by atoms with Crippen molar-refractivity contribution in [2.24, 2.45) is 0 Å². The molecule has 1 saturated heterocycles. The topological polar surface area (TPSA) is 89.5 Å². The van der Waals surface area contributed by atoms with Crippen LogP contribution in [0.3, 0.4) is 0 Å². The van der Waals surface area contributed by atoms with Gasteiger partial charge in [0.15, 0.2) is 5.82 Å². The van der Waals surface area contributed by atoms with Crippen molar-refractivity contribution < 1.29 is 22.4 Å². The molecule has 0 aromatic carbocycles. The normalized spacial score (nSPS) is 22.7. The van der Waals surface area contributed by atoms with Crippen molar-refractivity contribution in [3.8, 4) is 0 Å².